The topological polar surface area (TPSA) is 121 Å². The van der Waals surface area contributed by atoms with Crippen molar-refractivity contribution in [1.82, 2.24) is 25.0 Å². The molecule has 1 aliphatic rings. The van der Waals surface area contributed by atoms with Gasteiger partial charge >= 0.3 is 12.3 Å². The summed E-state index contributed by atoms with van der Waals surface area (Å²) >= 11 is 0. The Morgan fingerprint density at radius 1 is 1.09 bits per heavy atom. The number of Topliss-reactive ketones (excluding diaryl/α,β-unsaturated/α-hetero) is 1. The fraction of sp³-hybridized carbons (Fsp3) is 0.500. The van der Waals surface area contributed by atoms with Gasteiger partial charge in [-0.3, -0.25) is 4.79 Å². The maximum absolute atomic E-state index is 13.2. The van der Waals surface area contributed by atoms with Crippen LogP contribution in [0.5, 0.6) is 0 Å². The van der Waals surface area contributed by atoms with Crippen molar-refractivity contribution in [3.63, 3.8) is 0 Å². The Morgan fingerprint density at radius 3 is 2.34 bits per heavy atom. The molecule has 44 heavy (non-hydrogen) atoms. The molecular weight excluding hydrogens is 599 g/mol. The molecule has 0 aliphatic carbocycles. The summed E-state index contributed by atoms with van der Waals surface area (Å²) in [6.45, 7) is 7.72. The second-order valence-electron chi connectivity index (χ2n) is 11.6. The first kappa shape index (κ1) is 35.0. The van der Waals surface area contributed by atoms with Crippen LogP contribution >= 0.6 is 0 Å². The van der Waals surface area contributed by atoms with E-state index in [-0.39, 0.29) is 18.0 Å². The van der Waals surface area contributed by atoms with Crippen LogP contribution in [0.25, 0.3) is 5.70 Å². The zero-order valence-corrected chi connectivity index (χ0v) is 26.3. The number of nitrogens with zero attached hydrogens (tertiary/aromatic N) is 3. The number of sulfonamides is 1. The first-order chi connectivity index (χ1) is 20.5. The minimum Gasteiger partial charge on any atom is -0.444 e. The largest absolute Gasteiger partial charge is 0.444 e. The molecule has 1 amide bonds. The SMILES string of the molecule is CCCC[C@H](NC(=O)O[C@H](CN1C(c2ccc(C(F)(F)F)cc2)=CCN1C)C(C)(C)C)C(=O)CNS(=O)(=O)c1ccccn1. The van der Waals surface area contributed by atoms with Crippen molar-refractivity contribution >= 4 is 27.6 Å². The van der Waals surface area contributed by atoms with Crippen LogP contribution < -0.4 is 10.0 Å². The summed E-state index contributed by atoms with van der Waals surface area (Å²) < 4.78 is 72.4. The summed E-state index contributed by atoms with van der Waals surface area (Å²) in [5.41, 5.74) is -0.0506. The highest BCUT2D eigenvalue weighted by Gasteiger charge is 2.36. The Balaban J connectivity index is 1.70. The van der Waals surface area contributed by atoms with Crippen LogP contribution in [0.2, 0.25) is 0 Å². The van der Waals surface area contributed by atoms with Crippen LogP contribution in [-0.2, 0) is 25.7 Å². The average molecular weight is 640 g/mol. The minimum absolute atomic E-state index is 0.192. The van der Waals surface area contributed by atoms with Crippen molar-refractivity contribution < 1.29 is 35.9 Å². The van der Waals surface area contributed by atoms with Crippen LogP contribution in [0.15, 0.2) is 59.8 Å². The van der Waals surface area contributed by atoms with Crippen molar-refractivity contribution in [2.75, 3.05) is 26.7 Å². The number of hydrogen-bond acceptors (Lipinski definition) is 8. The normalized spacial score (nSPS) is 15.9. The van der Waals surface area contributed by atoms with E-state index in [1.165, 1.54) is 30.5 Å². The van der Waals surface area contributed by atoms with Crippen LogP contribution in [-0.4, -0.2) is 74.1 Å². The minimum atomic E-state index is -4.45. The monoisotopic (exact) mass is 639 g/mol. The third-order valence-electron chi connectivity index (χ3n) is 7.18. The maximum Gasteiger partial charge on any atom is 0.416 e. The molecule has 0 saturated carbocycles. The first-order valence-corrected chi connectivity index (χ1v) is 15.8. The molecule has 1 aromatic carbocycles. The van der Waals surface area contributed by atoms with Gasteiger partial charge in [0.25, 0.3) is 10.0 Å². The molecule has 0 bridgehead atoms. The molecule has 2 heterocycles. The zero-order chi connectivity index (χ0) is 32.7. The number of amides is 1. The number of unbranched alkanes of at least 4 members (excludes halogenated alkanes) is 1. The number of carbonyl (C=O) groups excluding carboxylic acids is 2. The fourth-order valence-corrected chi connectivity index (χ4v) is 5.42. The molecule has 10 nitrogen and oxygen atoms in total. The van der Waals surface area contributed by atoms with E-state index in [0.717, 1.165) is 18.6 Å². The maximum atomic E-state index is 13.2. The number of hydrogen-bond donors (Lipinski definition) is 2. The third kappa shape index (κ3) is 9.50. The van der Waals surface area contributed by atoms with Crippen molar-refractivity contribution in [2.45, 2.75) is 70.3 Å². The molecule has 242 valence electrons. The number of halogens is 3. The lowest BCUT2D eigenvalue weighted by Crippen LogP contribution is -2.50. The Bertz CT molecular complexity index is 1410. The number of alkyl carbamates (subject to hydrolysis) is 1. The number of hydrazine groups is 1. The van der Waals surface area contributed by atoms with E-state index >= 15 is 0 Å². The predicted octanol–water partition coefficient (Wildman–Crippen LogP) is 4.85. The average Bonchev–Trinajstić information content (AvgIpc) is 3.32. The number of likely N-dealkylation sites (N-methyl/N-ethyl adjacent to an activating group) is 1. The van der Waals surface area contributed by atoms with Gasteiger partial charge in [-0.15, -0.1) is 0 Å². The van der Waals surface area contributed by atoms with E-state index < -0.39 is 57.7 Å². The van der Waals surface area contributed by atoms with Gasteiger partial charge in [-0.1, -0.05) is 58.7 Å². The zero-order valence-electron chi connectivity index (χ0n) is 25.5. The van der Waals surface area contributed by atoms with Gasteiger partial charge in [-0.25, -0.2) is 27.9 Å². The molecule has 0 radical (unpaired) electrons. The van der Waals surface area contributed by atoms with E-state index in [9.17, 15) is 31.2 Å². The van der Waals surface area contributed by atoms with Crippen molar-refractivity contribution in [1.29, 1.82) is 0 Å². The van der Waals surface area contributed by atoms with Crippen LogP contribution in [0, 0.1) is 5.41 Å². The summed E-state index contributed by atoms with van der Waals surface area (Å²) in [6, 6.07) is 8.27. The molecule has 2 atom stereocenters. The first-order valence-electron chi connectivity index (χ1n) is 14.3. The summed E-state index contributed by atoms with van der Waals surface area (Å²) in [5, 5.41) is 6.10. The van der Waals surface area contributed by atoms with Crippen LogP contribution in [0.1, 0.15) is 58.1 Å². The van der Waals surface area contributed by atoms with E-state index in [1.54, 1.807) is 6.07 Å². The van der Waals surface area contributed by atoms with Gasteiger partial charge in [0.15, 0.2) is 10.8 Å². The number of alkyl halides is 3. The quantitative estimate of drug-likeness (QED) is 0.319. The molecule has 1 aliphatic heterocycles. The molecule has 0 saturated heterocycles. The summed E-state index contributed by atoms with van der Waals surface area (Å²) in [4.78, 5) is 30.0. The Hall–Kier alpha value is -3.49. The van der Waals surface area contributed by atoms with Gasteiger partial charge < -0.3 is 15.1 Å². The number of pyridine rings is 1. The summed E-state index contributed by atoms with van der Waals surface area (Å²) in [5.74, 6) is -0.533. The summed E-state index contributed by atoms with van der Waals surface area (Å²) in [7, 11) is -2.21. The van der Waals surface area contributed by atoms with E-state index in [1.807, 2.05) is 50.8 Å². The number of benzene rings is 1. The standard InChI is InChI=1S/C30H40F3N5O5S/c1-6-7-10-23(25(39)19-35-44(41,42)27-11-8-9-17-34-27)36-28(40)43-26(29(2,3)4)20-38-24(16-18-37(38)5)21-12-14-22(15-13-21)30(31,32)33/h8-9,11-17,23,26,35H,6-7,10,18-20H2,1-5H3,(H,36,40)/t23-,26+/m0/s1. The molecule has 2 N–H and O–H groups in total. The molecule has 2 aromatic rings. The number of ether oxygens (including phenoxy) is 1. The van der Waals surface area contributed by atoms with Gasteiger partial charge in [0.05, 0.1) is 30.4 Å². The predicted molar refractivity (Wildman–Crippen MR) is 159 cm³/mol. The van der Waals surface area contributed by atoms with Crippen LogP contribution in [0.4, 0.5) is 18.0 Å². The second kappa shape index (κ2) is 14.5. The fourth-order valence-electron chi connectivity index (χ4n) is 4.48. The van der Waals surface area contributed by atoms with E-state index in [2.05, 4.69) is 15.0 Å². The van der Waals surface area contributed by atoms with E-state index in [4.69, 9.17) is 4.74 Å². The van der Waals surface area contributed by atoms with Crippen molar-refractivity contribution in [3.05, 3.63) is 65.9 Å². The Labute approximate surface area is 256 Å². The lowest BCUT2D eigenvalue weighted by Gasteiger charge is -2.38. The molecule has 14 heteroatoms. The Morgan fingerprint density at radius 2 is 1.77 bits per heavy atom. The molecule has 0 fully saturated rings. The third-order valence-corrected chi connectivity index (χ3v) is 8.49. The smallest absolute Gasteiger partial charge is 0.416 e. The van der Waals surface area contributed by atoms with Crippen molar-refractivity contribution in [2.24, 2.45) is 5.41 Å². The lowest BCUT2D eigenvalue weighted by molar-refractivity contribution is -0.137. The molecule has 3 rings (SSSR count). The number of rotatable bonds is 13. The highest BCUT2D eigenvalue weighted by atomic mass is 32.2. The molecule has 0 spiro atoms. The van der Waals surface area contributed by atoms with E-state index in [0.29, 0.717) is 24.2 Å². The highest BCUT2D eigenvalue weighted by Crippen LogP contribution is 2.33. The van der Waals surface area contributed by atoms with Gasteiger partial charge in [-0.2, -0.15) is 13.2 Å². The summed E-state index contributed by atoms with van der Waals surface area (Å²) in [6.07, 6.45) is -1.15. The number of aromatic nitrogens is 1. The van der Waals surface area contributed by atoms with Crippen molar-refractivity contribution in [3.8, 4) is 0 Å². The number of nitrogens with one attached hydrogen (secondary N) is 2. The molecule has 1 aromatic heterocycles. The van der Waals surface area contributed by atoms with Gasteiger partial charge in [0.2, 0.25) is 0 Å². The second-order valence-corrected chi connectivity index (χ2v) is 13.4. The van der Waals surface area contributed by atoms with Gasteiger partial charge in [-0.05, 0) is 42.3 Å². The highest BCUT2D eigenvalue weighted by molar-refractivity contribution is 7.89. The van der Waals surface area contributed by atoms with Crippen LogP contribution in [0.3, 0.4) is 0 Å². The molecular formula is C30H40F3N5O5S. The Kier molecular flexibility index (Phi) is 11.6. The van der Waals surface area contributed by atoms with Gasteiger partial charge in [0.1, 0.15) is 6.10 Å². The number of ketones is 1. The lowest BCUT2D eigenvalue weighted by atomic mass is 9.88. The number of carbonyl (C=O) groups is 2. The van der Waals surface area contributed by atoms with Gasteiger partial charge in [0, 0.05) is 25.2 Å². The molecule has 0 unspecified atom stereocenters.